The van der Waals surface area contributed by atoms with Crippen LogP contribution in [0.4, 0.5) is 17.5 Å². The van der Waals surface area contributed by atoms with Crippen LogP contribution in [-0.4, -0.2) is 55.9 Å². The summed E-state index contributed by atoms with van der Waals surface area (Å²) in [6.45, 7) is 8.30. The topological polar surface area (TPSA) is 53.5 Å². The van der Waals surface area contributed by atoms with E-state index in [1.165, 1.54) is 11.3 Å². The predicted octanol–water partition coefficient (Wildman–Crippen LogP) is 2.35. The Balaban J connectivity index is 1.40. The molecule has 2 aromatic rings. The third kappa shape index (κ3) is 3.75. The van der Waals surface area contributed by atoms with Gasteiger partial charge in [0.05, 0.1) is 13.2 Å². The van der Waals surface area contributed by atoms with Gasteiger partial charge in [-0.05, 0) is 24.5 Å². The van der Waals surface area contributed by atoms with E-state index >= 15 is 0 Å². The van der Waals surface area contributed by atoms with Crippen LogP contribution in [0.25, 0.3) is 0 Å². The summed E-state index contributed by atoms with van der Waals surface area (Å²) in [5.74, 6) is 1.74. The lowest BCUT2D eigenvalue weighted by Crippen LogP contribution is -2.37. The van der Waals surface area contributed by atoms with Gasteiger partial charge in [0.1, 0.15) is 5.82 Å². The summed E-state index contributed by atoms with van der Waals surface area (Å²) in [6.07, 6.45) is 2.05. The summed E-state index contributed by atoms with van der Waals surface area (Å²) in [6, 6.07) is 10.8. The van der Waals surface area contributed by atoms with Crippen LogP contribution in [0.1, 0.15) is 18.2 Å². The molecule has 6 heteroatoms. The first-order chi connectivity index (χ1) is 12.8. The SMILES string of the molecule is CCc1cc(NCCN2CCc3ccccc32)nc(N2CCOCC2)n1. The molecule has 6 nitrogen and oxygen atoms in total. The van der Waals surface area contributed by atoms with E-state index in [0.29, 0.717) is 0 Å². The molecule has 1 aromatic carbocycles. The van der Waals surface area contributed by atoms with Crippen LogP contribution in [0.2, 0.25) is 0 Å². The highest BCUT2D eigenvalue weighted by atomic mass is 16.5. The van der Waals surface area contributed by atoms with Crippen molar-refractivity contribution < 1.29 is 4.74 Å². The quantitative estimate of drug-likeness (QED) is 0.860. The zero-order valence-corrected chi connectivity index (χ0v) is 15.4. The summed E-state index contributed by atoms with van der Waals surface area (Å²) in [7, 11) is 0. The Labute approximate surface area is 155 Å². The number of benzene rings is 1. The first kappa shape index (κ1) is 17.1. The van der Waals surface area contributed by atoms with Crippen LogP contribution in [-0.2, 0) is 17.6 Å². The first-order valence-corrected chi connectivity index (χ1v) is 9.61. The molecule has 1 saturated heterocycles. The van der Waals surface area contributed by atoms with E-state index in [9.17, 15) is 0 Å². The van der Waals surface area contributed by atoms with Gasteiger partial charge < -0.3 is 19.9 Å². The summed E-state index contributed by atoms with van der Waals surface area (Å²) >= 11 is 0. The van der Waals surface area contributed by atoms with E-state index < -0.39 is 0 Å². The number of fused-ring (bicyclic) bond motifs is 1. The highest BCUT2D eigenvalue weighted by Gasteiger charge is 2.18. The van der Waals surface area contributed by atoms with E-state index in [0.717, 1.165) is 76.2 Å². The molecular formula is C20H27N5O. The fourth-order valence-electron chi connectivity index (χ4n) is 3.62. The molecule has 4 rings (SSSR count). The Morgan fingerprint density at radius 2 is 1.96 bits per heavy atom. The van der Waals surface area contributed by atoms with Gasteiger partial charge in [0.25, 0.3) is 0 Å². The lowest BCUT2D eigenvalue weighted by atomic mass is 10.2. The van der Waals surface area contributed by atoms with Gasteiger partial charge in [0.2, 0.25) is 5.95 Å². The molecular weight excluding hydrogens is 326 g/mol. The number of nitrogens with one attached hydrogen (secondary N) is 1. The number of anilines is 3. The van der Waals surface area contributed by atoms with Gasteiger partial charge >= 0.3 is 0 Å². The molecule has 0 spiro atoms. The fourth-order valence-corrected chi connectivity index (χ4v) is 3.62. The fraction of sp³-hybridized carbons (Fsp3) is 0.500. The van der Waals surface area contributed by atoms with Gasteiger partial charge in [-0.25, -0.2) is 4.98 Å². The molecule has 0 saturated carbocycles. The maximum absolute atomic E-state index is 5.44. The number of morpholine rings is 1. The van der Waals surface area contributed by atoms with Crippen molar-refractivity contribution in [3.8, 4) is 0 Å². The molecule has 0 amide bonds. The van der Waals surface area contributed by atoms with Crippen LogP contribution >= 0.6 is 0 Å². The predicted molar refractivity (Wildman–Crippen MR) is 105 cm³/mol. The second-order valence-corrected chi connectivity index (χ2v) is 6.79. The van der Waals surface area contributed by atoms with Crippen molar-refractivity contribution in [3.63, 3.8) is 0 Å². The molecule has 1 aromatic heterocycles. The van der Waals surface area contributed by atoms with Gasteiger partial charge in [-0.3, -0.25) is 0 Å². The van der Waals surface area contributed by atoms with Crippen molar-refractivity contribution >= 4 is 17.5 Å². The van der Waals surface area contributed by atoms with Gasteiger partial charge in [-0.1, -0.05) is 25.1 Å². The van der Waals surface area contributed by atoms with Crippen LogP contribution in [0, 0.1) is 0 Å². The van der Waals surface area contributed by atoms with E-state index in [1.54, 1.807) is 0 Å². The number of hydrogen-bond acceptors (Lipinski definition) is 6. The monoisotopic (exact) mass is 353 g/mol. The van der Waals surface area contributed by atoms with Gasteiger partial charge in [0.15, 0.2) is 0 Å². The van der Waals surface area contributed by atoms with E-state index in [2.05, 4.69) is 52.4 Å². The van der Waals surface area contributed by atoms with Crippen molar-refractivity contribution in [3.05, 3.63) is 41.6 Å². The number of nitrogens with zero attached hydrogens (tertiary/aromatic N) is 4. The Kier molecular flexibility index (Phi) is 5.20. The number of aryl methyl sites for hydroxylation is 1. The average Bonchev–Trinajstić information content (AvgIpc) is 3.12. The standard InChI is InChI=1S/C20H27N5O/c1-2-17-15-19(23-20(22-17)25-11-13-26-14-12-25)21-8-10-24-9-7-16-5-3-4-6-18(16)24/h3-6,15H,2,7-14H2,1H3,(H,21,22,23). The maximum Gasteiger partial charge on any atom is 0.227 e. The number of aromatic nitrogens is 2. The van der Waals surface area contributed by atoms with Gasteiger partial charge in [-0.2, -0.15) is 4.98 Å². The zero-order valence-electron chi connectivity index (χ0n) is 15.4. The molecule has 0 atom stereocenters. The van der Waals surface area contributed by atoms with Crippen molar-refractivity contribution in [2.45, 2.75) is 19.8 Å². The van der Waals surface area contributed by atoms with Crippen LogP contribution < -0.4 is 15.1 Å². The van der Waals surface area contributed by atoms with Crippen molar-refractivity contribution in [2.75, 3.05) is 61.1 Å². The zero-order chi connectivity index (χ0) is 17.8. The molecule has 0 unspecified atom stereocenters. The Morgan fingerprint density at radius 3 is 2.81 bits per heavy atom. The van der Waals surface area contributed by atoms with E-state index in [4.69, 9.17) is 14.7 Å². The molecule has 26 heavy (non-hydrogen) atoms. The number of para-hydroxylation sites is 1. The molecule has 138 valence electrons. The molecule has 2 aliphatic rings. The van der Waals surface area contributed by atoms with Gasteiger partial charge in [0, 0.05) is 50.2 Å². The van der Waals surface area contributed by atoms with Crippen LogP contribution in [0.15, 0.2) is 30.3 Å². The van der Waals surface area contributed by atoms with Crippen molar-refractivity contribution in [1.82, 2.24) is 9.97 Å². The number of hydrogen-bond donors (Lipinski definition) is 1. The Morgan fingerprint density at radius 1 is 1.12 bits per heavy atom. The summed E-state index contributed by atoms with van der Waals surface area (Å²) in [4.78, 5) is 14.1. The normalized spacial score (nSPS) is 16.7. The minimum Gasteiger partial charge on any atom is -0.378 e. The van der Waals surface area contributed by atoms with Crippen LogP contribution in [0.3, 0.4) is 0 Å². The second kappa shape index (κ2) is 7.91. The first-order valence-electron chi connectivity index (χ1n) is 9.61. The third-order valence-electron chi connectivity index (χ3n) is 5.09. The summed E-state index contributed by atoms with van der Waals surface area (Å²) in [5, 5.41) is 3.51. The highest BCUT2D eigenvalue weighted by Crippen LogP contribution is 2.26. The lowest BCUT2D eigenvalue weighted by Gasteiger charge is -2.27. The molecule has 0 bridgehead atoms. The maximum atomic E-state index is 5.44. The third-order valence-corrected chi connectivity index (χ3v) is 5.09. The van der Waals surface area contributed by atoms with Gasteiger partial charge in [-0.15, -0.1) is 0 Å². The Hall–Kier alpha value is -2.34. The van der Waals surface area contributed by atoms with Crippen molar-refractivity contribution in [2.24, 2.45) is 0 Å². The molecule has 0 radical (unpaired) electrons. The molecule has 0 aliphatic carbocycles. The molecule has 2 aliphatic heterocycles. The largest absolute Gasteiger partial charge is 0.378 e. The van der Waals surface area contributed by atoms with E-state index in [1.807, 2.05) is 0 Å². The minimum absolute atomic E-state index is 0.747. The molecule has 1 N–H and O–H groups in total. The molecule has 1 fully saturated rings. The number of ether oxygens (including phenoxy) is 1. The van der Waals surface area contributed by atoms with Crippen molar-refractivity contribution in [1.29, 1.82) is 0 Å². The highest BCUT2D eigenvalue weighted by molar-refractivity contribution is 5.58. The average molecular weight is 353 g/mol. The smallest absolute Gasteiger partial charge is 0.227 e. The second-order valence-electron chi connectivity index (χ2n) is 6.79. The summed E-state index contributed by atoms with van der Waals surface area (Å²) < 4.78 is 5.44. The summed E-state index contributed by atoms with van der Waals surface area (Å²) in [5.41, 5.74) is 3.91. The minimum atomic E-state index is 0.747. The number of rotatable bonds is 6. The van der Waals surface area contributed by atoms with E-state index in [-0.39, 0.29) is 0 Å². The lowest BCUT2D eigenvalue weighted by molar-refractivity contribution is 0.122. The van der Waals surface area contributed by atoms with Crippen LogP contribution in [0.5, 0.6) is 0 Å². The Bertz CT molecular complexity index is 745. The molecule has 3 heterocycles.